The second-order valence-corrected chi connectivity index (χ2v) is 6.18. The largest absolute Gasteiger partial charge is 0.340 e. The van der Waals surface area contributed by atoms with Crippen molar-refractivity contribution in [3.8, 4) is 0 Å². The number of anilines is 4. The van der Waals surface area contributed by atoms with E-state index in [4.69, 9.17) is 11.6 Å². The molecular weight excluding hydrogens is 320 g/mol. The van der Waals surface area contributed by atoms with Gasteiger partial charge in [-0.3, -0.25) is 0 Å². The smallest absolute Gasteiger partial charge is 0.229 e. The van der Waals surface area contributed by atoms with Gasteiger partial charge in [-0.2, -0.15) is 4.98 Å². The summed E-state index contributed by atoms with van der Waals surface area (Å²) >= 11 is 6.02. The number of aryl methyl sites for hydroxylation is 3. The highest BCUT2D eigenvalue weighted by atomic mass is 35.5. The van der Waals surface area contributed by atoms with E-state index in [2.05, 4.69) is 46.6 Å². The molecule has 0 aliphatic rings. The average Bonchev–Trinajstić information content (AvgIpc) is 2.50. The summed E-state index contributed by atoms with van der Waals surface area (Å²) < 4.78 is 0. The minimum absolute atomic E-state index is 0.533. The molecule has 0 saturated heterocycles. The zero-order valence-corrected chi connectivity index (χ0v) is 14.6. The number of rotatable bonds is 4. The Balaban J connectivity index is 1.89. The second kappa shape index (κ2) is 6.89. The quantitative estimate of drug-likeness (QED) is 0.655. The minimum Gasteiger partial charge on any atom is -0.340 e. The molecule has 2 aromatic carbocycles. The predicted octanol–water partition coefficient (Wildman–Crippen LogP) is 5.54. The first-order valence-corrected chi connectivity index (χ1v) is 8.10. The van der Waals surface area contributed by atoms with Crippen molar-refractivity contribution in [3.63, 3.8) is 0 Å². The maximum Gasteiger partial charge on any atom is 0.229 e. The molecular formula is C19H19ClN4. The lowest BCUT2D eigenvalue weighted by atomic mass is 10.1. The first kappa shape index (κ1) is 16.3. The Kier molecular flexibility index (Phi) is 4.67. The van der Waals surface area contributed by atoms with Crippen LogP contribution in [0.1, 0.15) is 16.8 Å². The van der Waals surface area contributed by atoms with Gasteiger partial charge in [-0.15, -0.1) is 0 Å². The monoisotopic (exact) mass is 338 g/mol. The van der Waals surface area contributed by atoms with E-state index in [1.54, 1.807) is 0 Å². The summed E-state index contributed by atoms with van der Waals surface area (Å²) in [6, 6.07) is 15.6. The lowest BCUT2D eigenvalue weighted by Crippen LogP contribution is -2.03. The van der Waals surface area contributed by atoms with Gasteiger partial charge in [-0.05, 0) is 50.1 Å². The molecule has 0 unspecified atom stereocenters. The van der Waals surface area contributed by atoms with Crippen LogP contribution in [0.3, 0.4) is 0 Å². The molecule has 0 aliphatic heterocycles. The summed E-state index contributed by atoms with van der Waals surface area (Å²) in [7, 11) is 0. The maximum atomic E-state index is 6.02. The van der Waals surface area contributed by atoms with E-state index in [9.17, 15) is 0 Å². The second-order valence-electron chi connectivity index (χ2n) is 5.75. The molecule has 0 fully saturated rings. The number of aromatic nitrogens is 2. The van der Waals surface area contributed by atoms with Crippen LogP contribution in [-0.2, 0) is 0 Å². The summed E-state index contributed by atoms with van der Waals surface area (Å²) in [6.07, 6.45) is 0. The minimum atomic E-state index is 0.533. The van der Waals surface area contributed by atoms with Crippen molar-refractivity contribution in [2.75, 3.05) is 10.6 Å². The average molecular weight is 339 g/mol. The summed E-state index contributed by atoms with van der Waals surface area (Å²) in [5.74, 6) is 1.29. The van der Waals surface area contributed by atoms with Crippen LogP contribution in [0.15, 0.2) is 48.5 Å². The van der Waals surface area contributed by atoms with E-state index >= 15 is 0 Å². The van der Waals surface area contributed by atoms with Gasteiger partial charge in [-0.1, -0.05) is 35.9 Å². The van der Waals surface area contributed by atoms with Gasteiger partial charge in [0.2, 0.25) is 5.95 Å². The van der Waals surface area contributed by atoms with Gasteiger partial charge in [0.15, 0.2) is 0 Å². The van der Waals surface area contributed by atoms with Crippen LogP contribution in [0.2, 0.25) is 5.02 Å². The molecule has 0 spiro atoms. The van der Waals surface area contributed by atoms with Crippen molar-refractivity contribution in [2.24, 2.45) is 0 Å². The first-order chi connectivity index (χ1) is 11.5. The number of hydrogen-bond acceptors (Lipinski definition) is 4. The molecule has 1 heterocycles. The fraction of sp³-hybridized carbons (Fsp3) is 0.158. The van der Waals surface area contributed by atoms with E-state index in [1.165, 1.54) is 11.1 Å². The molecule has 5 heteroatoms. The molecule has 1 aromatic heterocycles. The zero-order chi connectivity index (χ0) is 17.1. The first-order valence-electron chi connectivity index (χ1n) is 7.73. The van der Waals surface area contributed by atoms with Crippen molar-refractivity contribution in [1.82, 2.24) is 9.97 Å². The molecule has 4 nitrogen and oxygen atoms in total. The zero-order valence-electron chi connectivity index (χ0n) is 13.9. The van der Waals surface area contributed by atoms with E-state index in [-0.39, 0.29) is 0 Å². The van der Waals surface area contributed by atoms with Crippen molar-refractivity contribution < 1.29 is 0 Å². The summed E-state index contributed by atoms with van der Waals surface area (Å²) in [6.45, 7) is 6.10. The van der Waals surface area contributed by atoms with Gasteiger partial charge in [-0.25, -0.2) is 4.98 Å². The highest BCUT2D eigenvalue weighted by Crippen LogP contribution is 2.25. The van der Waals surface area contributed by atoms with E-state index in [0.717, 1.165) is 22.9 Å². The Morgan fingerprint density at radius 1 is 0.833 bits per heavy atom. The number of nitrogens with one attached hydrogen (secondary N) is 2. The number of nitrogens with zero attached hydrogens (tertiary/aromatic N) is 2. The van der Waals surface area contributed by atoms with Crippen molar-refractivity contribution >= 4 is 34.7 Å². The molecule has 0 amide bonds. The Morgan fingerprint density at radius 3 is 2.25 bits per heavy atom. The predicted molar refractivity (Wildman–Crippen MR) is 101 cm³/mol. The molecule has 0 radical (unpaired) electrons. The molecule has 0 saturated carbocycles. The third kappa shape index (κ3) is 3.84. The van der Waals surface area contributed by atoms with Gasteiger partial charge in [0.1, 0.15) is 5.82 Å². The molecule has 122 valence electrons. The Labute approximate surface area is 146 Å². The molecule has 0 atom stereocenters. The van der Waals surface area contributed by atoms with Crippen LogP contribution in [0.25, 0.3) is 0 Å². The number of hydrogen-bond donors (Lipinski definition) is 2. The van der Waals surface area contributed by atoms with Gasteiger partial charge < -0.3 is 10.6 Å². The Hall–Kier alpha value is -2.59. The van der Waals surface area contributed by atoms with Gasteiger partial charge in [0.05, 0.1) is 0 Å². The van der Waals surface area contributed by atoms with Crippen LogP contribution in [-0.4, -0.2) is 9.97 Å². The normalized spacial score (nSPS) is 10.5. The van der Waals surface area contributed by atoms with Crippen LogP contribution in [0.4, 0.5) is 23.1 Å². The maximum absolute atomic E-state index is 6.02. The molecule has 2 N–H and O–H groups in total. The van der Waals surface area contributed by atoms with E-state index < -0.39 is 0 Å². The van der Waals surface area contributed by atoms with Gasteiger partial charge in [0, 0.05) is 28.2 Å². The molecule has 3 rings (SSSR count). The SMILES string of the molecule is Cc1cc(Nc2c(C)cccc2C)nc(Nc2cccc(Cl)c2)n1. The summed E-state index contributed by atoms with van der Waals surface area (Å²) in [4.78, 5) is 9.00. The van der Waals surface area contributed by atoms with Crippen molar-refractivity contribution in [1.29, 1.82) is 0 Å². The van der Waals surface area contributed by atoms with Gasteiger partial charge >= 0.3 is 0 Å². The summed E-state index contributed by atoms with van der Waals surface area (Å²) in [5.41, 5.74) is 5.16. The Bertz CT molecular complexity index is 857. The lowest BCUT2D eigenvalue weighted by molar-refractivity contribution is 1.10. The van der Waals surface area contributed by atoms with Crippen LogP contribution in [0.5, 0.6) is 0 Å². The third-order valence-electron chi connectivity index (χ3n) is 3.67. The van der Waals surface area contributed by atoms with E-state index in [1.807, 2.05) is 43.3 Å². The van der Waals surface area contributed by atoms with Crippen LogP contribution in [0, 0.1) is 20.8 Å². The van der Waals surface area contributed by atoms with Crippen molar-refractivity contribution in [2.45, 2.75) is 20.8 Å². The fourth-order valence-corrected chi connectivity index (χ4v) is 2.71. The van der Waals surface area contributed by atoms with Crippen LogP contribution < -0.4 is 10.6 Å². The number of benzene rings is 2. The topological polar surface area (TPSA) is 49.8 Å². The van der Waals surface area contributed by atoms with Gasteiger partial charge in [0.25, 0.3) is 0 Å². The highest BCUT2D eigenvalue weighted by Gasteiger charge is 2.07. The Morgan fingerprint density at radius 2 is 1.54 bits per heavy atom. The third-order valence-corrected chi connectivity index (χ3v) is 3.90. The molecule has 0 aliphatic carbocycles. The number of para-hydroxylation sites is 1. The summed E-state index contributed by atoms with van der Waals surface area (Å²) in [5, 5.41) is 7.26. The molecule has 24 heavy (non-hydrogen) atoms. The van der Waals surface area contributed by atoms with Crippen LogP contribution >= 0.6 is 11.6 Å². The molecule has 3 aromatic rings. The van der Waals surface area contributed by atoms with E-state index in [0.29, 0.717) is 11.0 Å². The number of halogens is 1. The fourth-order valence-electron chi connectivity index (χ4n) is 2.52. The lowest BCUT2D eigenvalue weighted by Gasteiger charge is -2.13. The highest BCUT2D eigenvalue weighted by molar-refractivity contribution is 6.30. The van der Waals surface area contributed by atoms with Crippen molar-refractivity contribution in [3.05, 3.63) is 70.4 Å². The molecule has 0 bridgehead atoms. The standard InChI is InChI=1S/C19H19ClN4/c1-12-6-4-7-13(2)18(12)23-17-10-14(3)21-19(24-17)22-16-9-5-8-15(20)11-16/h4-11H,1-3H3,(H2,21,22,23,24).